The third-order valence-corrected chi connectivity index (χ3v) is 8.58. The third-order valence-electron chi connectivity index (χ3n) is 8.58. The molecule has 0 heteroatoms. The summed E-state index contributed by atoms with van der Waals surface area (Å²) in [5.41, 5.74) is 13.4. The molecule has 0 spiro atoms. The molecule has 0 aromatic heterocycles. The van der Waals surface area contributed by atoms with Crippen molar-refractivity contribution in [3.63, 3.8) is 0 Å². The molecule has 0 saturated carbocycles. The molecule has 0 aliphatic heterocycles. The van der Waals surface area contributed by atoms with Crippen LogP contribution in [0.15, 0.2) is 151 Å². The predicted molar refractivity (Wildman–Crippen MR) is 166 cm³/mol. The van der Waals surface area contributed by atoms with Crippen molar-refractivity contribution in [2.75, 3.05) is 0 Å². The van der Waals surface area contributed by atoms with Gasteiger partial charge in [-0.2, -0.15) is 0 Å². The van der Waals surface area contributed by atoms with Crippen LogP contribution in [0.5, 0.6) is 0 Å². The van der Waals surface area contributed by atoms with Crippen LogP contribution < -0.4 is 0 Å². The summed E-state index contributed by atoms with van der Waals surface area (Å²) in [5.74, 6) is 0. The van der Waals surface area contributed by atoms with Crippen LogP contribution in [0.4, 0.5) is 0 Å². The van der Waals surface area contributed by atoms with E-state index < -0.39 is 5.41 Å². The minimum Gasteiger partial charge on any atom is -0.0804 e. The van der Waals surface area contributed by atoms with E-state index in [1.165, 1.54) is 55.7 Å². The van der Waals surface area contributed by atoms with Crippen LogP contribution in [0.3, 0.4) is 0 Å². The van der Waals surface area contributed by atoms with Crippen LogP contribution in [0.25, 0.3) is 16.7 Å². The summed E-state index contributed by atoms with van der Waals surface area (Å²) in [7, 11) is 0. The Balaban J connectivity index is 1.63. The fourth-order valence-electron chi connectivity index (χ4n) is 6.89. The quantitative estimate of drug-likeness (QED) is 0.283. The van der Waals surface area contributed by atoms with Gasteiger partial charge in [-0.3, -0.25) is 0 Å². The molecule has 0 atom stereocenters. The zero-order valence-corrected chi connectivity index (χ0v) is 22.2. The molecule has 4 aliphatic carbocycles. The van der Waals surface area contributed by atoms with E-state index in [1.807, 2.05) is 0 Å². The van der Waals surface area contributed by atoms with E-state index in [0.717, 1.165) is 25.7 Å². The number of allylic oxidation sites excluding steroid dienone is 16. The minimum absolute atomic E-state index is 0.410. The monoisotopic (exact) mass is 500 g/mol. The van der Waals surface area contributed by atoms with Gasteiger partial charge in [0, 0.05) is 0 Å². The fraction of sp³-hybridized carbons (Fsp3) is 0.128. The Morgan fingerprint density at radius 3 is 1.46 bits per heavy atom. The smallest absolute Gasteiger partial charge is 0.0673 e. The standard InChI is InChI=1S/C39H32/c1-3-21-32(22-4-1)39(34-25-13-14-26-34,33-23-5-2-6-24-33)36-28-27-35(29-15-7-8-16-29)37(30-17-9-10-18-30)38(36)31-19-11-12-20-31/h1-15,17,19,21-25,27-28H,16,18,20,26H2. The van der Waals surface area contributed by atoms with Crippen molar-refractivity contribution < 1.29 is 0 Å². The molecule has 39 heavy (non-hydrogen) atoms. The van der Waals surface area contributed by atoms with E-state index in [-0.39, 0.29) is 0 Å². The molecule has 7 rings (SSSR count). The van der Waals surface area contributed by atoms with Crippen molar-refractivity contribution in [3.8, 4) is 0 Å². The lowest BCUT2D eigenvalue weighted by atomic mass is 9.61. The molecule has 3 aromatic rings. The van der Waals surface area contributed by atoms with Crippen molar-refractivity contribution in [3.05, 3.63) is 185 Å². The number of hydrogen-bond donors (Lipinski definition) is 0. The second-order valence-electron chi connectivity index (χ2n) is 10.7. The van der Waals surface area contributed by atoms with Gasteiger partial charge in [0.05, 0.1) is 5.41 Å². The van der Waals surface area contributed by atoms with Gasteiger partial charge in [0.25, 0.3) is 0 Å². The summed E-state index contributed by atoms with van der Waals surface area (Å²) in [6.45, 7) is 0. The number of rotatable bonds is 7. The second kappa shape index (κ2) is 10.0. The van der Waals surface area contributed by atoms with Crippen molar-refractivity contribution >= 4 is 16.7 Å². The molecular formula is C39H32. The second-order valence-corrected chi connectivity index (χ2v) is 10.7. The van der Waals surface area contributed by atoms with Crippen molar-refractivity contribution in [2.45, 2.75) is 31.1 Å². The predicted octanol–water partition coefficient (Wildman–Crippen LogP) is 9.94. The maximum absolute atomic E-state index is 2.45. The van der Waals surface area contributed by atoms with Crippen LogP contribution in [-0.4, -0.2) is 0 Å². The summed E-state index contributed by atoms with van der Waals surface area (Å²) in [5, 5.41) is 0. The highest BCUT2D eigenvalue weighted by molar-refractivity contribution is 5.93. The summed E-state index contributed by atoms with van der Waals surface area (Å²) < 4.78 is 0. The average Bonchev–Trinajstić information content (AvgIpc) is 3.83. The first-order valence-corrected chi connectivity index (χ1v) is 14.1. The highest BCUT2D eigenvalue weighted by Gasteiger charge is 2.43. The lowest BCUT2D eigenvalue weighted by Gasteiger charge is -2.40. The average molecular weight is 501 g/mol. The maximum Gasteiger partial charge on any atom is 0.0673 e. The third kappa shape index (κ3) is 3.91. The lowest BCUT2D eigenvalue weighted by Crippen LogP contribution is -2.33. The zero-order chi connectivity index (χ0) is 26.1. The summed E-state index contributed by atoms with van der Waals surface area (Å²) >= 11 is 0. The first-order chi connectivity index (χ1) is 19.4. The summed E-state index contributed by atoms with van der Waals surface area (Å²) in [6.07, 6.45) is 31.3. The molecule has 3 aromatic carbocycles. The number of benzene rings is 3. The Hall–Kier alpha value is -4.42. The van der Waals surface area contributed by atoms with Gasteiger partial charge in [-0.1, -0.05) is 146 Å². The first-order valence-electron chi connectivity index (χ1n) is 14.1. The van der Waals surface area contributed by atoms with Crippen LogP contribution in [0.2, 0.25) is 0 Å². The zero-order valence-electron chi connectivity index (χ0n) is 22.2. The van der Waals surface area contributed by atoms with Crippen molar-refractivity contribution in [2.24, 2.45) is 0 Å². The molecule has 4 aliphatic rings. The first kappa shape index (κ1) is 23.7. The molecule has 0 fully saturated rings. The van der Waals surface area contributed by atoms with Crippen LogP contribution in [0, 0.1) is 0 Å². The highest BCUT2D eigenvalue weighted by atomic mass is 14.4. The van der Waals surface area contributed by atoms with E-state index in [2.05, 4.69) is 146 Å². The van der Waals surface area contributed by atoms with Gasteiger partial charge in [0.1, 0.15) is 0 Å². The Morgan fingerprint density at radius 2 is 0.949 bits per heavy atom. The summed E-state index contributed by atoms with van der Waals surface area (Å²) in [4.78, 5) is 0. The molecule has 0 amide bonds. The molecular weight excluding hydrogens is 468 g/mol. The Kier molecular flexibility index (Phi) is 6.10. The van der Waals surface area contributed by atoms with Gasteiger partial charge in [-0.05, 0) is 81.4 Å². The summed E-state index contributed by atoms with van der Waals surface area (Å²) in [6, 6.07) is 27.2. The topological polar surface area (TPSA) is 0 Å². The van der Waals surface area contributed by atoms with Gasteiger partial charge >= 0.3 is 0 Å². The van der Waals surface area contributed by atoms with Gasteiger partial charge in [-0.15, -0.1) is 0 Å². The Labute approximate surface area is 232 Å². The van der Waals surface area contributed by atoms with Gasteiger partial charge < -0.3 is 0 Å². The van der Waals surface area contributed by atoms with Gasteiger partial charge in [-0.25, -0.2) is 0 Å². The lowest BCUT2D eigenvalue weighted by molar-refractivity contribution is 0.708. The Morgan fingerprint density at radius 1 is 0.436 bits per heavy atom. The van der Waals surface area contributed by atoms with Crippen LogP contribution >= 0.6 is 0 Å². The molecule has 0 unspecified atom stereocenters. The molecule has 0 N–H and O–H groups in total. The SMILES string of the molecule is C1=CCC(c2ccc(C(C3=CC=CC3)(c3ccccc3)c3ccccc3)c(C3=CC=CC3)c2C2=CC=CC2)=C1. The number of hydrogen-bond acceptors (Lipinski definition) is 0. The van der Waals surface area contributed by atoms with E-state index in [9.17, 15) is 0 Å². The fourth-order valence-corrected chi connectivity index (χ4v) is 6.89. The maximum atomic E-state index is 2.45. The highest BCUT2D eigenvalue weighted by Crippen LogP contribution is 2.53. The van der Waals surface area contributed by atoms with Gasteiger partial charge in [0.2, 0.25) is 0 Å². The van der Waals surface area contributed by atoms with Crippen LogP contribution in [-0.2, 0) is 5.41 Å². The van der Waals surface area contributed by atoms with E-state index in [4.69, 9.17) is 0 Å². The van der Waals surface area contributed by atoms with E-state index >= 15 is 0 Å². The molecule has 0 nitrogen and oxygen atoms in total. The molecule has 0 bridgehead atoms. The Bertz CT molecular complexity index is 1620. The van der Waals surface area contributed by atoms with Crippen molar-refractivity contribution in [1.82, 2.24) is 0 Å². The molecule has 0 heterocycles. The van der Waals surface area contributed by atoms with Crippen molar-refractivity contribution in [1.29, 1.82) is 0 Å². The molecule has 0 saturated heterocycles. The van der Waals surface area contributed by atoms with E-state index in [1.54, 1.807) is 0 Å². The van der Waals surface area contributed by atoms with Gasteiger partial charge in [0.15, 0.2) is 0 Å². The largest absolute Gasteiger partial charge is 0.0804 e. The van der Waals surface area contributed by atoms with E-state index in [0.29, 0.717) is 0 Å². The minimum atomic E-state index is -0.410. The van der Waals surface area contributed by atoms with Crippen LogP contribution in [0.1, 0.15) is 59.1 Å². The molecule has 188 valence electrons. The molecule has 0 radical (unpaired) electrons. The normalized spacial score (nSPS) is 17.5.